The van der Waals surface area contributed by atoms with Crippen molar-refractivity contribution in [3.63, 3.8) is 0 Å². The number of ether oxygens (including phenoxy) is 1. The topological polar surface area (TPSA) is 42.8 Å². The molecule has 5 heteroatoms. The van der Waals surface area contributed by atoms with Crippen molar-refractivity contribution in [3.8, 4) is 5.75 Å². The number of methoxy groups -OCH3 is 1. The van der Waals surface area contributed by atoms with Crippen molar-refractivity contribution < 1.29 is 9.16 Å². The van der Waals surface area contributed by atoms with E-state index >= 15 is 0 Å². The van der Waals surface area contributed by atoms with E-state index in [0.29, 0.717) is 6.61 Å². The van der Waals surface area contributed by atoms with Crippen LogP contribution in [0.5, 0.6) is 5.75 Å². The minimum absolute atomic E-state index is 0.0173. The lowest BCUT2D eigenvalue weighted by atomic mass is 10.2. The monoisotopic (exact) mass is 474 g/mol. The zero-order valence-electron chi connectivity index (χ0n) is 21.1. The van der Waals surface area contributed by atoms with Crippen LogP contribution in [-0.2, 0) is 4.43 Å². The van der Waals surface area contributed by atoms with Crippen molar-refractivity contribution in [2.45, 2.75) is 51.6 Å². The van der Waals surface area contributed by atoms with Gasteiger partial charge in [0.1, 0.15) is 5.75 Å². The van der Waals surface area contributed by atoms with Gasteiger partial charge in [0.25, 0.3) is 8.32 Å². The molecule has 0 unspecified atom stereocenters. The van der Waals surface area contributed by atoms with Gasteiger partial charge in [-0.3, -0.25) is 4.99 Å². The van der Waals surface area contributed by atoms with Crippen molar-refractivity contribution in [1.29, 1.82) is 0 Å². The van der Waals surface area contributed by atoms with Crippen molar-refractivity contribution in [3.05, 3.63) is 84.9 Å². The number of rotatable bonds is 11. The highest BCUT2D eigenvalue weighted by atomic mass is 28.4. The predicted octanol–water partition coefficient (Wildman–Crippen LogP) is 5.88. The summed E-state index contributed by atoms with van der Waals surface area (Å²) in [6.07, 6.45) is 3.64. The molecule has 0 aromatic heterocycles. The molecule has 1 N–H and O–H groups in total. The van der Waals surface area contributed by atoms with E-state index in [1.165, 1.54) is 10.4 Å². The Bertz CT molecular complexity index is 976. The third-order valence-electron chi connectivity index (χ3n) is 6.26. The number of aliphatic imine (C=N–C) groups is 1. The summed E-state index contributed by atoms with van der Waals surface area (Å²) in [5.41, 5.74) is 0.989. The first kappa shape index (κ1) is 25.7. The molecule has 0 fully saturated rings. The normalized spacial score (nSPS) is 13.1. The lowest BCUT2D eigenvalue weighted by Gasteiger charge is -2.43. The number of benzene rings is 3. The Morgan fingerprint density at radius 3 is 1.91 bits per heavy atom. The van der Waals surface area contributed by atoms with Gasteiger partial charge in [0.15, 0.2) is 0 Å². The molecule has 0 aliphatic rings. The molecule has 0 spiro atoms. The third kappa shape index (κ3) is 6.16. The average molecular weight is 475 g/mol. The Morgan fingerprint density at radius 2 is 1.44 bits per heavy atom. The molecule has 34 heavy (non-hydrogen) atoms. The second-order valence-electron chi connectivity index (χ2n) is 9.51. The smallest absolute Gasteiger partial charge is 0.261 e. The Labute approximate surface area is 206 Å². The molecule has 0 aliphatic carbocycles. The molecule has 0 aliphatic heterocycles. The molecular formula is C29H38N2O2Si. The van der Waals surface area contributed by atoms with E-state index in [1.807, 2.05) is 24.3 Å². The summed E-state index contributed by atoms with van der Waals surface area (Å²) in [7, 11) is -0.830. The highest BCUT2D eigenvalue weighted by molar-refractivity contribution is 6.99. The van der Waals surface area contributed by atoms with Gasteiger partial charge in [0, 0.05) is 12.3 Å². The molecule has 0 amide bonds. The Morgan fingerprint density at radius 1 is 0.882 bits per heavy atom. The molecule has 0 saturated heterocycles. The van der Waals surface area contributed by atoms with E-state index in [9.17, 15) is 0 Å². The van der Waals surface area contributed by atoms with Crippen molar-refractivity contribution in [2.24, 2.45) is 4.99 Å². The van der Waals surface area contributed by atoms with Crippen LogP contribution in [0.1, 0.15) is 40.5 Å². The Balaban J connectivity index is 1.74. The van der Waals surface area contributed by atoms with Crippen LogP contribution in [0.3, 0.4) is 0 Å². The summed E-state index contributed by atoms with van der Waals surface area (Å²) in [6, 6.07) is 29.6. The maximum atomic E-state index is 7.02. The van der Waals surface area contributed by atoms with E-state index in [-0.39, 0.29) is 11.1 Å². The van der Waals surface area contributed by atoms with Gasteiger partial charge in [-0.15, -0.1) is 0 Å². The summed E-state index contributed by atoms with van der Waals surface area (Å²) in [5, 5.41) is 5.87. The fourth-order valence-electron chi connectivity index (χ4n) is 4.40. The molecule has 3 aromatic rings. The average Bonchev–Trinajstić information content (AvgIpc) is 2.86. The third-order valence-corrected chi connectivity index (χ3v) is 11.3. The van der Waals surface area contributed by atoms with Crippen LogP contribution in [0.15, 0.2) is 89.9 Å². The maximum Gasteiger partial charge on any atom is 0.261 e. The predicted molar refractivity (Wildman–Crippen MR) is 147 cm³/mol. The number of nitrogens with one attached hydrogen (secondary N) is 1. The molecule has 3 rings (SSSR count). The van der Waals surface area contributed by atoms with Gasteiger partial charge in [-0.1, -0.05) is 88.4 Å². The van der Waals surface area contributed by atoms with Crippen molar-refractivity contribution >= 4 is 30.7 Å². The van der Waals surface area contributed by atoms with Gasteiger partial charge < -0.3 is 14.5 Å². The molecule has 0 heterocycles. The van der Waals surface area contributed by atoms with Crippen LogP contribution in [0.2, 0.25) is 5.04 Å². The lowest BCUT2D eigenvalue weighted by molar-refractivity contribution is 0.279. The molecule has 3 aromatic carbocycles. The van der Waals surface area contributed by atoms with Gasteiger partial charge in [0.2, 0.25) is 0 Å². The first-order valence-electron chi connectivity index (χ1n) is 12.1. The molecule has 4 nitrogen and oxygen atoms in total. The van der Waals surface area contributed by atoms with E-state index in [2.05, 4.69) is 93.7 Å². The van der Waals surface area contributed by atoms with Crippen LogP contribution < -0.4 is 20.4 Å². The highest BCUT2D eigenvalue weighted by Gasteiger charge is 2.50. The van der Waals surface area contributed by atoms with Crippen LogP contribution in [0.25, 0.3) is 0 Å². The van der Waals surface area contributed by atoms with E-state index < -0.39 is 8.32 Å². The fourth-order valence-corrected chi connectivity index (χ4v) is 8.98. The van der Waals surface area contributed by atoms with Gasteiger partial charge in [0.05, 0.1) is 19.5 Å². The summed E-state index contributed by atoms with van der Waals surface area (Å²) in [4.78, 5) is 4.78. The van der Waals surface area contributed by atoms with E-state index in [1.54, 1.807) is 13.4 Å². The van der Waals surface area contributed by atoms with Crippen LogP contribution in [0.4, 0.5) is 5.69 Å². The van der Waals surface area contributed by atoms with Crippen LogP contribution >= 0.6 is 0 Å². The SMILES string of the molecule is CC[C@H](CCO[Si](c1ccccc1)(c1ccccc1)C(C)(C)C)N=CNc1ccc(OC)cc1. The second-order valence-corrected chi connectivity index (χ2v) is 13.8. The Kier molecular flexibility index (Phi) is 9.08. The first-order valence-corrected chi connectivity index (χ1v) is 14.0. The molecular weight excluding hydrogens is 436 g/mol. The zero-order valence-corrected chi connectivity index (χ0v) is 22.1. The summed E-state index contributed by atoms with van der Waals surface area (Å²) in [6.45, 7) is 9.79. The standard InChI is InChI=1S/C29H38N2O2Si/c1-6-24(30-23-31-25-17-19-26(32-5)20-18-25)21-22-33-34(29(2,3)4,27-13-9-7-10-14-27)28-15-11-8-12-16-28/h7-20,23-24H,6,21-22H2,1-5H3,(H,30,31)/t24-/m1/s1. The number of anilines is 1. The molecule has 0 radical (unpaired) electrons. The number of nitrogens with zero attached hydrogens (tertiary/aromatic N) is 1. The largest absolute Gasteiger partial charge is 0.497 e. The molecule has 0 bridgehead atoms. The van der Waals surface area contributed by atoms with Gasteiger partial charge in [-0.05, 0) is 52.5 Å². The van der Waals surface area contributed by atoms with Gasteiger partial charge >= 0.3 is 0 Å². The quantitative estimate of drug-likeness (QED) is 0.214. The molecule has 1 atom stereocenters. The second kappa shape index (κ2) is 12.0. The molecule has 0 saturated carbocycles. The highest BCUT2D eigenvalue weighted by Crippen LogP contribution is 2.36. The lowest BCUT2D eigenvalue weighted by Crippen LogP contribution is -2.66. The van der Waals surface area contributed by atoms with Crippen LogP contribution in [0, 0.1) is 0 Å². The minimum atomic E-state index is -2.50. The fraction of sp³-hybridized carbons (Fsp3) is 0.345. The van der Waals surface area contributed by atoms with Crippen molar-refractivity contribution in [2.75, 3.05) is 19.0 Å². The summed E-state index contributed by atoms with van der Waals surface area (Å²) in [5.74, 6) is 0.842. The number of hydrogen-bond donors (Lipinski definition) is 1. The maximum absolute atomic E-state index is 7.02. The molecule has 180 valence electrons. The zero-order chi connectivity index (χ0) is 24.4. The van der Waals surface area contributed by atoms with Crippen molar-refractivity contribution in [1.82, 2.24) is 0 Å². The first-order chi connectivity index (χ1) is 16.4. The van der Waals surface area contributed by atoms with Gasteiger partial charge in [-0.25, -0.2) is 0 Å². The summed E-state index contributed by atoms with van der Waals surface area (Å²) < 4.78 is 12.2. The van der Waals surface area contributed by atoms with E-state index in [4.69, 9.17) is 14.2 Å². The van der Waals surface area contributed by atoms with Gasteiger partial charge in [-0.2, -0.15) is 0 Å². The summed E-state index contributed by atoms with van der Waals surface area (Å²) >= 11 is 0. The van der Waals surface area contributed by atoms with Crippen LogP contribution in [-0.4, -0.2) is 34.4 Å². The van der Waals surface area contributed by atoms with E-state index in [0.717, 1.165) is 24.3 Å². The number of hydrogen-bond acceptors (Lipinski definition) is 3. The Hall–Kier alpha value is -2.89. The minimum Gasteiger partial charge on any atom is -0.497 e.